The number of nitrogens with two attached hydrogens (primary N) is 1. The van der Waals surface area contributed by atoms with Gasteiger partial charge in [-0.25, -0.2) is 4.79 Å². The average Bonchev–Trinajstić information content (AvgIpc) is 3.56. The summed E-state index contributed by atoms with van der Waals surface area (Å²) in [6.07, 6.45) is 9.35. The fraction of sp³-hybridized carbons (Fsp3) is 0.444. The Balaban J connectivity index is 1.46. The Morgan fingerprint density at radius 3 is 2.42 bits per heavy atom. The van der Waals surface area contributed by atoms with Gasteiger partial charge in [0.05, 0.1) is 23.5 Å². The van der Waals surface area contributed by atoms with Gasteiger partial charge in [0.25, 0.3) is 0 Å². The van der Waals surface area contributed by atoms with Gasteiger partial charge in [-0.3, -0.25) is 0 Å². The van der Waals surface area contributed by atoms with Gasteiger partial charge in [-0.15, -0.1) is 0 Å². The fourth-order valence-electron chi connectivity index (χ4n) is 5.54. The number of rotatable bonds is 6. The number of hydrogen-bond donors (Lipinski definition) is 3. The molecule has 0 saturated heterocycles. The number of fused-ring (bicyclic) bond motifs is 1. The lowest BCUT2D eigenvalue weighted by Gasteiger charge is -2.19. The van der Waals surface area contributed by atoms with Crippen LogP contribution in [0.25, 0.3) is 22.2 Å². The van der Waals surface area contributed by atoms with Gasteiger partial charge in [-0.1, -0.05) is 37.8 Å². The molecule has 3 aromatic rings. The Bertz CT molecular complexity index is 1120. The normalized spacial score (nSPS) is 17.0. The topological polar surface area (TPSA) is 81.3 Å². The number of nitrogen functional groups attached to an aromatic ring is 1. The molecule has 0 unspecified atom stereocenters. The van der Waals surface area contributed by atoms with Crippen LogP contribution in [0.5, 0.6) is 5.75 Å². The third kappa shape index (κ3) is 4.39. The van der Waals surface area contributed by atoms with E-state index in [0.29, 0.717) is 18.7 Å². The number of anilines is 2. The molecule has 2 fully saturated rings. The number of carbonyl (C=O) groups is 1. The Morgan fingerprint density at radius 2 is 1.73 bits per heavy atom. The molecule has 2 aliphatic rings. The summed E-state index contributed by atoms with van der Waals surface area (Å²) in [7, 11) is 0. The minimum Gasteiger partial charge on any atom is -0.494 e. The highest BCUT2D eigenvalue weighted by Crippen LogP contribution is 2.43. The molecule has 2 aromatic carbocycles. The first-order valence-corrected chi connectivity index (χ1v) is 12.4. The molecule has 6 nitrogen and oxygen atoms in total. The largest absolute Gasteiger partial charge is 0.494 e. The van der Waals surface area contributed by atoms with E-state index in [0.717, 1.165) is 65.0 Å². The van der Waals surface area contributed by atoms with E-state index < -0.39 is 0 Å². The molecule has 4 N–H and O–H groups in total. The van der Waals surface area contributed by atoms with Crippen molar-refractivity contribution in [2.24, 2.45) is 0 Å². The van der Waals surface area contributed by atoms with Crippen LogP contribution in [0, 0.1) is 0 Å². The van der Waals surface area contributed by atoms with Gasteiger partial charge in [0.2, 0.25) is 0 Å². The smallest absolute Gasteiger partial charge is 0.319 e. The van der Waals surface area contributed by atoms with Crippen LogP contribution in [0.15, 0.2) is 42.5 Å². The summed E-state index contributed by atoms with van der Waals surface area (Å²) in [6.45, 7) is 2.64. The quantitative estimate of drug-likeness (QED) is 0.406. The summed E-state index contributed by atoms with van der Waals surface area (Å²) in [5, 5.41) is 7.12. The Hall–Kier alpha value is -3.15. The van der Waals surface area contributed by atoms with Crippen LogP contribution in [0.2, 0.25) is 0 Å². The van der Waals surface area contributed by atoms with Gasteiger partial charge in [0.15, 0.2) is 0 Å². The highest BCUT2D eigenvalue weighted by Gasteiger charge is 2.25. The molecule has 0 aliphatic heterocycles. The van der Waals surface area contributed by atoms with Crippen molar-refractivity contribution < 1.29 is 9.53 Å². The van der Waals surface area contributed by atoms with Gasteiger partial charge < -0.3 is 25.7 Å². The van der Waals surface area contributed by atoms with Gasteiger partial charge in [0.1, 0.15) is 5.75 Å². The Kier molecular flexibility index (Phi) is 6.16. The number of nitrogens with zero attached hydrogens (tertiary/aromatic N) is 1. The van der Waals surface area contributed by atoms with Crippen molar-refractivity contribution in [3.05, 3.63) is 42.5 Å². The van der Waals surface area contributed by atoms with Crippen molar-refractivity contribution in [3.63, 3.8) is 0 Å². The predicted octanol–water partition coefficient (Wildman–Crippen LogP) is 6.47. The second kappa shape index (κ2) is 9.38. The summed E-state index contributed by atoms with van der Waals surface area (Å²) >= 11 is 0. The van der Waals surface area contributed by atoms with Crippen molar-refractivity contribution in [1.82, 2.24) is 9.88 Å². The summed E-state index contributed by atoms with van der Waals surface area (Å²) < 4.78 is 8.21. The molecule has 174 valence electrons. The molecule has 0 radical (unpaired) electrons. The molecule has 1 heterocycles. The first-order valence-electron chi connectivity index (χ1n) is 12.4. The van der Waals surface area contributed by atoms with E-state index in [2.05, 4.69) is 39.5 Å². The second-order valence-electron chi connectivity index (χ2n) is 9.34. The van der Waals surface area contributed by atoms with Gasteiger partial charge in [-0.05, 0) is 56.9 Å². The van der Waals surface area contributed by atoms with Gasteiger partial charge >= 0.3 is 6.03 Å². The number of carbonyl (C=O) groups excluding carboxylic acids is 1. The minimum atomic E-state index is -0.127. The van der Waals surface area contributed by atoms with Crippen LogP contribution < -0.4 is 21.1 Å². The van der Waals surface area contributed by atoms with E-state index in [1.54, 1.807) is 0 Å². The molecule has 33 heavy (non-hydrogen) atoms. The van der Waals surface area contributed by atoms with Crippen LogP contribution in [0.4, 0.5) is 16.2 Å². The number of ether oxygens (including phenoxy) is 1. The van der Waals surface area contributed by atoms with E-state index in [1.807, 2.05) is 25.1 Å². The zero-order valence-electron chi connectivity index (χ0n) is 19.4. The van der Waals surface area contributed by atoms with Crippen molar-refractivity contribution in [3.8, 4) is 17.0 Å². The number of benzene rings is 2. The Labute approximate surface area is 195 Å². The number of hydrogen-bond acceptors (Lipinski definition) is 3. The molecule has 0 bridgehead atoms. The first-order chi connectivity index (χ1) is 16.1. The molecule has 0 atom stereocenters. The van der Waals surface area contributed by atoms with Crippen LogP contribution >= 0.6 is 0 Å². The highest BCUT2D eigenvalue weighted by atomic mass is 16.5. The highest BCUT2D eigenvalue weighted by molar-refractivity contribution is 6.01. The van der Waals surface area contributed by atoms with E-state index in [4.69, 9.17) is 10.5 Å². The summed E-state index contributed by atoms with van der Waals surface area (Å²) in [4.78, 5) is 12.3. The third-order valence-electron chi connectivity index (χ3n) is 7.12. The van der Waals surface area contributed by atoms with E-state index in [9.17, 15) is 4.79 Å². The fourth-order valence-corrected chi connectivity index (χ4v) is 5.54. The zero-order chi connectivity index (χ0) is 22.8. The molecule has 0 spiro atoms. The van der Waals surface area contributed by atoms with Crippen molar-refractivity contribution in [2.45, 2.75) is 70.4 Å². The maximum atomic E-state index is 12.3. The molecule has 1 aromatic heterocycles. The van der Waals surface area contributed by atoms with Crippen LogP contribution in [-0.4, -0.2) is 23.2 Å². The molecular formula is C27H34N4O2. The first kappa shape index (κ1) is 21.7. The number of nitrogens with one attached hydrogen (secondary N) is 2. The standard InChI is InChI=1S/C27H34N4O2/c1-2-33-22-15-16-23-24(17-22)31(21-9-5-6-10-21)26(25(23)28)18-11-13-20(14-12-18)30-27(32)29-19-7-3-4-8-19/h11-17,19,21H,2-10,28H2,1H3,(H2,29,30,32). The van der Waals surface area contributed by atoms with Crippen molar-refractivity contribution >= 4 is 28.3 Å². The Morgan fingerprint density at radius 1 is 1.03 bits per heavy atom. The van der Waals surface area contributed by atoms with Crippen LogP contribution in [0.3, 0.4) is 0 Å². The van der Waals surface area contributed by atoms with Crippen molar-refractivity contribution in [2.75, 3.05) is 17.7 Å². The molecular weight excluding hydrogens is 412 g/mol. The number of amides is 2. The monoisotopic (exact) mass is 446 g/mol. The van der Waals surface area contributed by atoms with Crippen molar-refractivity contribution in [1.29, 1.82) is 0 Å². The average molecular weight is 447 g/mol. The van der Waals surface area contributed by atoms with Crippen LogP contribution in [0.1, 0.15) is 64.3 Å². The van der Waals surface area contributed by atoms with E-state index in [1.165, 1.54) is 25.7 Å². The zero-order valence-corrected chi connectivity index (χ0v) is 19.4. The molecule has 2 saturated carbocycles. The number of urea groups is 1. The number of aromatic nitrogens is 1. The van der Waals surface area contributed by atoms with E-state index in [-0.39, 0.29) is 6.03 Å². The molecule has 6 heteroatoms. The van der Waals surface area contributed by atoms with Gasteiger partial charge in [0, 0.05) is 34.8 Å². The van der Waals surface area contributed by atoms with E-state index >= 15 is 0 Å². The summed E-state index contributed by atoms with van der Waals surface area (Å²) in [6, 6.07) is 14.9. The van der Waals surface area contributed by atoms with Gasteiger partial charge in [-0.2, -0.15) is 0 Å². The second-order valence-corrected chi connectivity index (χ2v) is 9.34. The minimum absolute atomic E-state index is 0.127. The summed E-state index contributed by atoms with van der Waals surface area (Å²) in [5.74, 6) is 0.876. The lowest BCUT2D eigenvalue weighted by molar-refractivity contribution is 0.248. The lowest BCUT2D eigenvalue weighted by Crippen LogP contribution is -2.36. The molecule has 2 amide bonds. The maximum Gasteiger partial charge on any atom is 0.319 e. The maximum absolute atomic E-state index is 12.3. The van der Waals surface area contributed by atoms with Crippen LogP contribution in [-0.2, 0) is 0 Å². The summed E-state index contributed by atoms with van der Waals surface area (Å²) in [5.41, 5.74) is 11.6. The molecule has 5 rings (SSSR count). The SMILES string of the molecule is CCOc1ccc2c(N)c(-c3ccc(NC(=O)NC4CCCC4)cc3)n(C3CCCC3)c2c1. The third-order valence-corrected chi connectivity index (χ3v) is 7.12. The predicted molar refractivity (Wildman–Crippen MR) is 135 cm³/mol. The molecule has 2 aliphatic carbocycles. The lowest BCUT2D eigenvalue weighted by atomic mass is 10.1.